The molecule has 4 rings (SSSR count). The molecule has 0 saturated carbocycles. The fourth-order valence-corrected chi connectivity index (χ4v) is 2.75. The molecule has 28 heavy (non-hydrogen) atoms. The van der Waals surface area contributed by atoms with Crippen LogP contribution in [-0.4, -0.2) is 30.4 Å². The molecule has 7 nitrogen and oxygen atoms in total. The Hall–Kier alpha value is -3.87. The van der Waals surface area contributed by atoms with Crippen molar-refractivity contribution in [2.24, 2.45) is 0 Å². The van der Waals surface area contributed by atoms with Gasteiger partial charge in [-0.1, -0.05) is 36.4 Å². The number of carbonyl (C=O) groups is 1. The molecule has 3 heterocycles. The van der Waals surface area contributed by atoms with Gasteiger partial charge in [-0.2, -0.15) is 0 Å². The number of imidazole rings is 1. The van der Waals surface area contributed by atoms with Crippen molar-refractivity contribution < 1.29 is 4.79 Å². The Morgan fingerprint density at radius 1 is 0.964 bits per heavy atom. The molecule has 1 aromatic carbocycles. The maximum absolute atomic E-state index is 12.3. The van der Waals surface area contributed by atoms with E-state index >= 15 is 0 Å². The first kappa shape index (κ1) is 17.5. The summed E-state index contributed by atoms with van der Waals surface area (Å²) in [6, 6.07) is 13.5. The summed E-state index contributed by atoms with van der Waals surface area (Å²) in [5, 5.41) is 2.86. The van der Waals surface area contributed by atoms with Crippen LogP contribution in [0.25, 0.3) is 17.2 Å². The zero-order valence-electron chi connectivity index (χ0n) is 15.3. The number of hydrogen-bond donors (Lipinski definition) is 1. The molecule has 4 aromatic rings. The molecule has 0 spiro atoms. The molecule has 0 aliphatic heterocycles. The number of aromatic nitrogens is 5. The Morgan fingerprint density at radius 3 is 2.39 bits per heavy atom. The van der Waals surface area contributed by atoms with E-state index in [0.29, 0.717) is 17.9 Å². The summed E-state index contributed by atoms with van der Waals surface area (Å²) in [5.74, 6) is 2.02. The first-order valence-corrected chi connectivity index (χ1v) is 8.81. The van der Waals surface area contributed by atoms with E-state index in [1.807, 2.05) is 60.2 Å². The highest BCUT2D eigenvalue weighted by atomic mass is 16.1. The van der Waals surface area contributed by atoms with E-state index in [4.69, 9.17) is 0 Å². The average Bonchev–Trinajstić information content (AvgIpc) is 3.19. The van der Waals surface area contributed by atoms with Gasteiger partial charge in [0.1, 0.15) is 11.6 Å². The van der Waals surface area contributed by atoms with E-state index in [-0.39, 0.29) is 5.91 Å². The highest BCUT2D eigenvalue weighted by Gasteiger charge is 2.08. The lowest BCUT2D eigenvalue weighted by Crippen LogP contribution is -2.23. The fourth-order valence-electron chi connectivity index (χ4n) is 2.75. The van der Waals surface area contributed by atoms with Crippen molar-refractivity contribution in [3.05, 3.63) is 90.4 Å². The lowest BCUT2D eigenvalue weighted by molar-refractivity contribution is 0.0950. The summed E-state index contributed by atoms with van der Waals surface area (Å²) in [5.41, 5.74) is 2.23. The monoisotopic (exact) mass is 370 g/mol. The number of hydrogen-bond acceptors (Lipinski definition) is 5. The summed E-state index contributed by atoms with van der Waals surface area (Å²) in [7, 11) is 0. The van der Waals surface area contributed by atoms with Crippen LogP contribution in [0.5, 0.6) is 0 Å². The number of pyridine rings is 1. The van der Waals surface area contributed by atoms with Gasteiger partial charge in [-0.3, -0.25) is 9.36 Å². The molecular formula is C21H18N6O. The maximum Gasteiger partial charge on any atom is 0.254 e. The smallest absolute Gasteiger partial charge is 0.254 e. The second-order valence-corrected chi connectivity index (χ2v) is 6.21. The Labute approximate surface area is 162 Å². The van der Waals surface area contributed by atoms with Crippen LogP contribution in [0.2, 0.25) is 0 Å². The molecule has 0 aliphatic rings. The molecule has 0 fully saturated rings. The summed E-state index contributed by atoms with van der Waals surface area (Å²) < 4.78 is 1.90. The Morgan fingerprint density at radius 2 is 1.75 bits per heavy atom. The summed E-state index contributed by atoms with van der Waals surface area (Å²) in [6.45, 7) is 2.29. The lowest BCUT2D eigenvalue weighted by Gasteiger charge is -2.07. The highest BCUT2D eigenvalue weighted by Crippen LogP contribution is 2.13. The predicted octanol–water partition coefficient (Wildman–Crippen LogP) is 2.96. The van der Waals surface area contributed by atoms with Crippen molar-refractivity contribution in [2.75, 3.05) is 0 Å². The van der Waals surface area contributed by atoms with Crippen molar-refractivity contribution in [2.45, 2.75) is 13.5 Å². The number of benzene rings is 1. The second kappa shape index (κ2) is 7.79. The molecule has 0 unspecified atom stereocenters. The quantitative estimate of drug-likeness (QED) is 0.584. The summed E-state index contributed by atoms with van der Waals surface area (Å²) >= 11 is 0. The molecule has 138 valence electrons. The van der Waals surface area contributed by atoms with Gasteiger partial charge in [0.2, 0.25) is 0 Å². The number of amides is 1. The molecule has 1 N–H and O–H groups in total. The van der Waals surface area contributed by atoms with Gasteiger partial charge in [0.25, 0.3) is 5.91 Å². The van der Waals surface area contributed by atoms with E-state index in [1.54, 1.807) is 12.4 Å². The Balaban J connectivity index is 1.38. The summed E-state index contributed by atoms with van der Waals surface area (Å²) in [4.78, 5) is 29.5. The van der Waals surface area contributed by atoms with Crippen molar-refractivity contribution in [3.63, 3.8) is 0 Å². The van der Waals surface area contributed by atoms with Gasteiger partial charge < -0.3 is 5.32 Å². The second-order valence-electron chi connectivity index (χ2n) is 6.21. The molecule has 7 heteroatoms. The molecule has 0 radical (unpaired) electrons. The Kier molecular flexibility index (Phi) is 4.88. The van der Waals surface area contributed by atoms with Gasteiger partial charge in [-0.25, -0.2) is 19.9 Å². The Bertz CT molecular complexity index is 1070. The minimum Gasteiger partial charge on any atom is -0.348 e. The maximum atomic E-state index is 12.3. The lowest BCUT2D eigenvalue weighted by atomic mass is 10.2. The number of rotatable bonds is 5. The largest absolute Gasteiger partial charge is 0.348 e. The van der Waals surface area contributed by atoms with E-state index in [2.05, 4.69) is 25.3 Å². The number of carbonyl (C=O) groups excluding carboxylic acids is 1. The van der Waals surface area contributed by atoms with Crippen LogP contribution in [0.1, 0.15) is 21.7 Å². The number of nitrogens with one attached hydrogen (secondary N) is 1. The topological polar surface area (TPSA) is 85.6 Å². The van der Waals surface area contributed by atoms with Gasteiger partial charge in [-0.05, 0) is 18.6 Å². The van der Waals surface area contributed by atoms with Gasteiger partial charge in [-0.15, -0.1) is 0 Å². The van der Waals surface area contributed by atoms with Crippen LogP contribution in [0, 0.1) is 6.92 Å². The first-order valence-electron chi connectivity index (χ1n) is 8.81. The standard InChI is InChI=1S/C21H18N6O/c1-15-22-9-10-27(15)19-8-7-16(11-23-19)12-26-21(28)18-13-24-20(25-14-18)17-5-3-2-4-6-17/h2-11,13-14H,12H2,1H3,(H,26,28). The molecule has 0 atom stereocenters. The van der Waals surface area contributed by atoms with Crippen LogP contribution >= 0.6 is 0 Å². The number of aryl methyl sites for hydroxylation is 1. The van der Waals surface area contributed by atoms with Gasteiger partial charge in [0.05, 0.1) is 5.56 Å². The van der Waals surface area contributed by atoms with Crippen LogP contribution in [0.4, 0.5) is 0 Å². The first-order chi connectivity index (χ1) is 13.7. The zero-order valence-corrected chi connectivity index (χ0v) is 15.3. The van der Waals surface area contributed by atoms with E-state index < -0.39 is 0 Å². The third-order valence-corrected chi connectivity index (χ3v) is 4.28. The molecule has 3 aromatic heterocycles. The minimum atomic E-state index is -0.228. The van der Waals surface area contributed by atoms with Gasteiger partial charge >= 0.3 is 0 Å². The molecular weight excluding hydrogens is 352 g/mol. The number of nitrogens with zero attached hydrogens (tertiary/aromatic N) is 5. The third kappa shape index (κ3) is 3.78. The van der Waals surface area contributed by atoms with Crippen molar-refractivity contribution >= 4 is 5.91 Å². The third-order valence-electron chi connectivity index (χ3n) is 4.28. The van der Waals surface area contributed by atoms with E-state index in [0.717, 1.165) is 22.8 Å². The van der Waals surface area contributed by atoms with Crippen molar-refractivity contribution in [1.29, 1.82) is 0 Å². The van der Waals surface area contributed by atoms with E-state index in [1.165, 1.54) is 12.4 Å². The van der Waals surface area contributed by atoms with Crippen LogP contribution in [0.15, 0.2) is 73.4 Å². The molecule has 1 amide bonds. The molecule has 0 saturated heterocycles. The molecule has 0 aliphatic carbocycles. The van der Waals surface area contributed by atoms with Crippen molar-refractivity contribution in [3.8, 4) is 17.2 Å². The van der Waals surface area contributed by atoms with Crippen LogP contribution in [-0.2, 0) is 6.54 Å². The minimum absolute atomic E-state index is 0.228. The van der Waals surface area contributed by atoms with Crippen LogP contribution in [0.3, 0.4) is 0 Å². The fraction of sp³-hybridized carbons (Fsp3) is 0.0952. The normalized spacial score (nSPS) is 10.6. The average molecular weight is 370 g/mol. The predicted molar refractivity (Wildman–Crippen MR) is 105 cm³/mol. The van der Waals surface area contributed by atoms with Crippen molar-refractivity contribution in [1.82, 2.24) is 29.8 Å². The van der Waals surface area contributed by atoms with Gasteiger partial charge in [0, 0.05) is 43.1 Å². The zero-order chi connectivity index (χ0) is 19.3. The van der Waals surface area contributed by atoms with Gasteiger partial charge in [0.15, 0.2) is 5.82 Å². The van der Waals surface area contributed by atoms with E-state index in [9.17, 15) is 4.79 Å². The SMILES string of the molecule is Cc1nccn1-c1ccc(CNC(=O)c2cnc(-c3ccccc3)nc2)cn1. The highest BCUT2D eigenvalue weighted by molar-refractivity contribution is 5.93. The van der Waals surface area contributed by atoms with Crippen LogP contribution < -0.4 is 5.32 Å². The summed E-state index contributed by atoms with van der Waals surface area (Å²) in [6.07, 6.45) is 8.40. The molecule has 0 bridgehead atoms.